The van der Waals surface area contributed by atoms with Crippen molar-refractivity contribution in [3.63, 3.8) is 0 Å². The summed E-state index contributed by atoms with van der Waals surface area (Å²) in [7, 11) is 0. The quantitative estimate of drug-likeness (QED) is 0.429. The summed E-state index contributed by atoms with van der Waals surface area (Å²) in [5, 5.41) is 17.0. The van der Waals surface area contributed by atoms with E-state index in [0.717, 1.165) is 26.1 Å². The standard InChI is InChI=1S/C11H18N4O2/c1-3-4-12-5-6-13-11-7-9(2)10(8-14-11)15(16)17/h7-8,12H,3-6H2,1-2H3,(H,13,14). The Balaban J connectivity index is 2.45. The van der Waals surface area contributed by atoms with Crippen LogP contribution in [0.15, 0.2) is 12.3 Å². The normalized spacial score (nSPS) is 10.2. The average molecular weight is 238 g/mol. The average Bonchev–Trinajstić information content (AvgIpc) is 2.28. The first kappa shape index (κ1) is 13.4. The largest absolute Gasteiger partial charge is 0.369 e. The first-order valence-electron chi connectivity index (χ1n) is 5.70. The Morgan fingerprint density at radius 3 is 2.76 bits per heavy atom. The van der Waals surface area contributed by atoms with Gasteiger partial charge in [-0.15, -0.1) is 0 Å². The predicted molar refractivity (Wildman–Crippen MR) is 67.3 cm³/mol. The number of aryl methyl sites for hydroxylation is 1. The van der Waals surface area contributed by atoms with Gasteiger partial charge in [-0.1, -0.05) is 6.92 Å². The van der Waals surface area contributed by atoms with Gasteiger partial charge in [0.15, 0.2) is 0 Å². The summed E-state index contributed by atoms with van der Waals surface area (Å²) in [6.07, 6.45) is 2.39. The number of aromatic nitrogens is 1. The van der Waals surface area contributed by atoms with E-state index in [2.05, 4.69) is 22.5 Å². The molecule has 0 aromatic carbocycles. The van der Waals surface area contributed by atoms with Crippen molar-refractivity contribution < 1.29 is 4.92 Å². The monoisotopic (exact) mass is 238 g/mol. The Morgan fingerprint density at radius 2 is 2.18 bits per heavy atom. The van der Waals surface area contributed by atoms with Crippen LogP contribution in [0.5, 0.6) is 0 Å². The number of nitrogens with zero attached hydrogens (tertiary/aromatic N) is 2. The van der Waals surface area contributed by atoms with Gasteiger partial charge in [0.25, 0.3) is 5.69 Å². The Hall–Kier alpha value is -1.69. The highest BCUT2D eigenvalue weighted by Gasteiger charge is 2.10. The maximum Gasteiger partial charge on any atom is 0.290 e. The van der Waals surface area contributed by atoms with Crippen molar-refractivity contribution in [1.29, 1.82) is 0 Å². The molecule has 1 rings (SSSR count). The SMILES string of the molecule is CCCNCCNc1cc(C)c([N+](=O)[O-])cn1. The van der Waals surface area contributed by atoms with Crippen LogP contribution in [-0.4, -0.2) is 29.5 Å². The molecule has 0 atom stereocenters. The van der Waals surface area contributed by atoms with Gasteiger partial charge in [-0.3, -0.25) is 10.1 Å². The molecule has 0 bridgehead atoms. The molecule has 17 heavy (non-hydrogen) atoms. The minimum atomic E-state index is -0.422. The van der Waals surface area contributed by atoms with Crippen molar-refractivity contribution in [3.05, 3.63) is 27.9 Å². The van der Waals surface area contributed by atoms with Crippen molar-refractivity contribution in [2.45, 2.75) is 20.3 Å². The topological polar surface area (TPSA) is 80.1 Å². The van der Waals surface area contributed by atoms with Gasteiger partial charge >= 0.3 is 0 Å². The number of pyridine rings is 1. The molecular weight excluding hydrogens is 220 g/mol. The predicted octanol–water partition coefficient (Wildman–Crippen LogP) is 1.71. The van der Waals surface area contributed by atoms with Gasteiger partial charge in [0.1, 0.15) is 12.0 Å². The number of hydrogen-bond donors (Lipinski definition) is 2. The van der Waals surface area contributed by atoms with Crippen LogP contribution in [0.3, 0.4) is 0 Å². The van der Waals surface area contributed by atoms with Gasteiger partial charge in [-0.25, -0.2) is 4.98 Å². The van der Waals surface area contributed by atoms with Crippen LogP contribution in [0.4, 0.5) is 11.5 Å². The summed E-state index contributed by atoms with van der Waals surface area (Å²) in [4.78, 5) is 14.2. The third-order valence-electron chi connectivity index (χ3n) is 2.31. The van der Waals surface area contributed by atoms with E-state index in [1.165, 1.54) is 6.20 Å². The van der Waals surface area contributed by atoms with Gasteiger partial charge in [0.05, 0.1) is 4.92 Å². The van der Waals surface area contributed by atoms with Crippen LogP contribution in [0.1, 0.15) is 18.9 Å². The fourth-order valence-corrected chi connectivity index (χ4v) is 1.42. The van der Waals surface area contributed by atoms with E-state index in [1.807, 2.05) is 0 Å². The molecule has 2 N–H and O–H groups in total. The summed E-state index contributed by atoms with van der Waals surface area (Å²) >= 11 is 0. The van der Waals surface area contributed by atoms with Crippen LogP contribution < -0.4 is 10.6 Å². The first-order valence-corrected chi connectivity index (χ1v) is 5.70. The molecule has 1 aromatic rings. The van der Waals surface area contributed by atoms with Gasteiger partial charge in [0, 0.05) is 18.7 Å². The Bertz CT molecular complexity index is 382. The highest BCUT2D eigenvalue weighted by atomic mass is 16.6. The Labute approximate surface area is 101 Å². The summed E-state index contributed by atoms with van der Waals surface area (Å²) in [6, 6.07) is 1.69. The number of anilines is 1. The van der Waals surface area contributed by atoms with E-state index < -0.39 is 4.92 Å². The van der Waals surface area contributed by atoms with Crippen LogP contribution in [-0.2, 0) is 0 Å². The van der Waals surface area contributed by atoms with Crippen molar-refractivity contribution >= 4 is 11.5 Å². The summed E-state index contributed by atoms with van der Waals surface area (Å²) in [6.45, 7) is 6.42. The molecule has 1 heterocycles. The van der Waals surface area contributed by atoms with Crippen molar-refractivity contribution in [3.8, 4) is 0 Å². The molecule has 6 nitrogen and oxygen atoms in total. The van der Waals surface area contributed by atoms with Gasteiger partial charge in [-0.05, 0) is 26.0 Å². The molecule has 0 saturated heterocycles. The highest BCUT2D eigenvalue weighted by Crippen LogP contribution is 2.18. The van der Waals surface area contributed by atoms with E-state index >= 15 is 0 Å². The highest BCUT2D eigenvalue weighted by molar-refractivity contribution is 5.46. The molecule has 0 aliphatic rings. The molecule has 0 spiro atoms. The minimum absolute atomic E-state index is 0.0552. The first-order chi connectivity index (χ1) is 8.15. The fourth-order valence-electron chi connectivity index (χ4n) is 1.42. The lowest BCUT2D eigenvalue weighted by molar-refractivity contribution is -0.385. The second kappa shape index (κ2) is 6.80. The number of nitrogens with one attached hydrogen (secondary N) is 2. The Morgan fingerprint density at radius 1 is 1.41 bits per heavy atom. The molecule has 6 heteroatoms. The van der Waals surface area contributed by atoms with E-state index in [4.69, 9.17) is 0 Å². The molecule has 94 valence electrons. The zero-order valence-electron chi connectivity index (χ0n) is 10.2. The van der Waals surface area contributed by atoms with Crippen LogP contribution in [0.2, 0.25) is 0 Å². The molecule has 1 aromatic heterocycles. The van der Waals surface area contributed by atoms with E-state index in [9.17, 15) is 10.1 Å². The van der Waals surface area contributed by atoms with E-state index in [0.29, 0.717) is 11.4 Å². The van der Waals surface area contributed by atoms with Gasteiger partial charge < -0.3 is 10.6 Å². The zero-order valence-corrected chi connectivity index (χ0v) is 10.2. The molecule has 0 saturated carbocycles. The van der Waals surface area contributed by atoms with Gasteiger partial charge in [0.2, 0.25) is 0 Å². The molecule has 0 aliphatic carbocycles. The number of hydrogen-bond acceptors (Lipinski definition) is 5. The van der Waals surface area contributed by atoms with Crippen LogP contribution in [0, 0.1) is 17.0 Å². The van der Waals surface area contributed by atoms with E-state index in [1.54, 1.807) is 13.0 Å². The van der Waals surface area contributed by atoms with Crippen LogP contribution >= 0.6 is 0 Å². The minimum Gasteiger partial charge on any atom is -0.369 e. The Kier molecular flexibility index (Phi) is 5.35. The van der Waals surface area contributed by atoms with Crippen LogP contribution in [0.25, 0.3) is 0 Å². The maximum absolute atomic E-state index is 10.6. The number of nitro groups is 1. The smallest absolute Gasteiger partial charge is 0.290 e. The summed E-state index contributed by atoms with van der Waals surface area (Å²) < 4.78 is 0. The number of rotatable bonds is 7. The second-order valence-corrected chi connectivity index (χ2v) is 3.79. The molecule has 0 amide bonds. The van der Waals surface area contributed by atoms with Gasteiger partial charge in [-0.2, -0.15) is 0 Å². The molecule has 0 unspecified atom stereocenters. The third-order valence-corrected chi connectivity index (χ3v) is 2.31. The third kappa shape index (κ3) is 4.36. The molecule has 0 radical (unpaired) electrons. The molecule has 0 fully saturated rings. The van der Waals surface area contributed by atoms with Crippen molar-refractivity contribution in [2.75, 3.05) is 25.0 Å². The lowest BCUT2D eigenvalue weighted by Crippen LogP contribution is -2.23. The second-order valence-electron chi connectivity index (χ2n) is 3.79. The van der Waals surface area contributed by atoms with E-state index in [-0.39, 0.29) is 5.69 Å². The lowest BCUT2D eigenvalue weighted by atomic mass is 10.2. The summed E-state index contributed by atoms with van der Waals surface area (Å²) in [5.41, 5.74) is 0.675. The lowest BCUT2D eigenvalue weighted by Gasteiger charge is -2.07. The zero-order chi connectivity index (χ0) is 12.7. The van der Waals surface area contributed by atoms with Crippen molar-refractivity contribution in [2.24, 2.45) is 0 Å². The fraction of sp³-hybridized carbons (Fsp3) is 0.545. The maximum atomic E-state index is 10.6. The molecule has 0 aliphatic heterocycles. The van der Waals surface area contributed by atoms with Crippen molar-refractivity contribution in [1.82, 2.24) is 10.3 Å². The summed E-state index contributed by atoms with van der Waals surface area (Å²) in [5.74, 6) is 0.673. The molecular formula is C11H18N4O2.